The van der Waals surface area contributed by atoms with E-state index in [4.69, 9.17) is 5.73 Å². The summed E-state index contributed by atoms with van der Waals surface area (Å²) < 4.78 is 1.72. The van der Waals surface area contributed by atoms with E-state index < -0.39 is 0 Å². The summed E-state index contributed by atoms with van der Waals surface area (Å²) in [7, 11) is 0. The molecule has 2 aromatic heterocycles. The topological polar surface area (TPSA) is 56.7 Å². The number of pyridine rings is 1. The number of hydrogen-bond acceptors (Lipinski definition) is 3. The van der Waals surface area contributed by atoms with E-state index in [1.165, 1.54) is 0 Å². The Morgan fingerprint density at radius 1 is 1.31 bits per heavy atom. The van der Waals surface area contributed by atoms with E-state index >= 15 is 0 Å². The quantitative estimate of drug-likeness (QED) is 0.794. The summed E-state index contributed by atoms with van der Waals surface area (Å²) in [5.74, 6) is 0.679. The van der Waals surface area contributed by atoms with Crippen molar-refractivity contribution < 1.29 is 0 Å². The maximum Gasteiger partial charge on any atom is 0.176 e. The van der Waals surface area contributed by atoms with E-state index in [0.717, 1.165) is 5.56 Å². The molecule has 0 aromatic carbocycles. The lowest BCUT2D eigenvalue weighted by molar-refractivity contribution is 0.590. The van der Waals surface area contributed by atoms with Gasteiger partial charge in [-0.3, -0.25) is 0 Å². The lowest BCUT2D eigenvalue weighted by atomic mass is 9.90. The molecule has 0 aliphatic rings. The molecule has 4 heteroatoms. The molecule has 0 fully saturated rings. The zero-order valence-electron chi connectivity index (χ0n) is 9.81. The smallest absolute Gasteiger partial charge is 0.176 e. The molecule has 0 aliphatic carbocycles. The van der Waals surface area contributed by atoms with Gasteiger partial charge in [-0.05, 0) is 23.1 Å². The highest BCUT2D eigenvalue weighted by atomic mass is 15.3. The van der Waals surface area contributed by atoms with Crippen LogP contribution in [0.2, 0.25) is 0 Å². The fourth-order valence-corrected chi connectivity index (χ4v) is 1.43. The van der Waals surface area contributed by atoms with Gasteiger partial charge in [-0.15, -0.1) is 0 Å². The van der Waals surface area contributed by atoms with Crippen molar-refractivity contribution in [3.05, 3.63) is 36.3 Å². The molecule has 2 N–H and O–H groups in total. The third kappa shape index (κ3) is 1.91. The standard InChI is InChI=1S/C12H16N4/c1-12(2,3)9-7-15-16(8-9)11-10(13)5-4-6-14-11/h4-8H,13H2,1-3H3. The number of nitrogen functional groups attached to an aromatic ring is 1. The van der Waals surface area contributed by atoms with E-state index in [0.29, 0.717) is 11.5 Å². The molecule has 2 rings (SSSR count). The number of aromatic nitrogens is 3. The van der Waals surface area contributed by atoms with Crippen LogP contribution in [0.15, 0.2) is 30.7 Å². The highest BCUT2D eigenvalue weighted by molar-refractivity contribution is 5.52. The minimum atomic E-state index is 0.0851. The third-order valence-corrected chi connectivity index (χ3v) is 2.48. The van der Waals surface area contributed by atoms with Crippen LogP contribution in [-0.2, 0) is 5.41 Å². The Morgan fingerprint density at radius 2 is 2.06 bits per heavy atom. The van der Waals surface area contributed by atoms with Gasteiger partial charge in [-0.25, -0.2) is 9.67 Å². The number of hydrogen-bond donors (Lipinski definition) is 1. The molecular weight excluding hydrogens is 200 g/mol. The molecule has 0 radical (unpaired) electrons. The predicted molar refractivity (Wildman–Crippen MR) is 64.5 cm³/mol. The monoisotopic (exact) mass is 216 g/mol. The van der Waals surface area contributed by atoms with Crippen molar-refractivity contribution in [1.29, 1.82) is 0 Å². The summed E-state index contributed by atoms with van der Waals surface area (Å²) in [6.07, 6.45) is 5.54. The summed E-state index contributed by atoms with van der Waals surface area (Å²) in [5, 5.41) is 4.29. The van der Waals surface area contributed by atoms with Crippen molar-refractivity contribution in [3.63, 3.8) is 0 Å². The molecule has 2 heterocycles. The third-order valence-electron chi connectivity index (χ3n) is 2.48. The molecular formula is C12H16N4. The van der Waals surface area contributed by atoms with Gasteiger partial charge >= 0.3 is 0 Å². The summed E-state index contributed by atoms with van der Waals surface area (Å²) in [6.45, 7) is 6.45. The first-order valence-electron chi connectivity index (χ1n) is 5.24. The van der Waals surface area contributed by atoms with Crippen molar-refractivity contribution in [1.82, 2.24) is 14.8 Å². The molecule has 0 saturated heterocycles. The molecule has 84 valence electrons. The lowest BCUT2D eigenvalue weighted by Gasteiger charge is -2.15. The Morgan fingerprint density at radius 3 is 2.62 bits per heavy atom. The Balaban J connectivity index is 2.44. The number of anilines is 1. The van der Waals surface area contributed by atoms with Gasteiger partial charge < -0.3 is 5.73 Å². The minimum Gasteiger partial charge on any atom is -0.396 e. The first-order chi connectivity index (χ1) is 7.48. The van der Waals surface area contributed by atoms with Gasteiger partial charge in [0.15, 0.2) is 5.82 Å². The van der Waals surface area contributed by atoms with Crippen LogP contribution in [0.4, 0.5) is 5.69 Å². The van der Waals surface area contributed by atoms with Gasteiger partial charge in [-0.1, -0.05) is 20.8 Å². The average molecular weight is 216 g/mol. The van der Waals surface area contributed by atoms with E-state index in [-0.39, 0.29) is 5.41 Å². The Kier molecular flexibility index (Phi) is 2.42. The van der Waals surface area contributed by atoms with Crippen LogP contribution < -0.4 is 5.73 Å². The van der Waals surface area contributed by atoms with Crippen LogP contribution in [-0.4, -0.2) is 14.8 Å². The van der Waals surface area contributed by atoms with Crippen molar-refractivity contribution in [3.8, 4) is 5.82 Å². The first-order valence-corrected chi connectivity index (χ1v) is 5.24. The molecule has 4 nitrogen and oxygen atoms in total. The molecule has 0 amide bonds. The molecule has 0 aliphatic heterocycles. The van der Waals surface area contributed by atoms with Crippen molar-refractivity contribution >= 4 is 5.69 Å². The maximum atomic E-state index is 5.85. The van der Waals surface area contributed by atoms with Gasteiger partial charge in [-0.2, -0.15) is 5.10 Å². The lowest BCUT2D eigenvalue weighted by Crippen LogP contribution is -2.09. The van der Waals surface area contributed by atoms with Crippen LogP contribution in [0.5, 0.6) is 0 Å². The fraction of sp³-hybridized carbons (Fsp3) is 0.333. The zero-order valence-corrected chi connectivity index (χ0v) is 9.81. The number of rotatable bonds is 1. The minimum absolute atomic E-state index is 0.0851. The molecule has 0 unspecified atom stereocenters. The largest absolute Gasteiger partial charge is 0.396 e. The van der Waals surface area contributed by atoms with E-state index in [1.54, 1.807) is 10.9 Å². The Labute approximate surface area is 95.1 Å². The van der Waals surface area contributed by atoms with Crippen LogP contribution in [0.25, 0.3) is 5.82 Å². The van der Waals surface area contributed by atoms with Crippen LogP contribution in [0.1, 0.15) is 26.3 Å². The van der Waals surface area contributed by atoms with E-state index in [1.807, 2.05) is 24.5 Å². The Hall–Kier alpha value is -1.84. The zero-order chi connectivity index (χ0) is 11.8. The second-order valence-electron chi connectivity index (χ2n) is 4.84. The highest BCUT2D eigenvalue weighted by Crippen LogP contribution is 2.22. The Bertz CT molecular complexity index is 494. The molecule has 2 aromatic rings. The molecule has 0 bridgehead atoms. The van der Waals surface area contributed by atoms with Gasteiger partial charge in [0, 0.05) is 12.4 Å². The van der Waals surface area contributed by atoms with Gasteiger partial charge in [0.05, 0.1) is 11.9 Å². The summed E-state index contributed by atoms with van der Waals surface area (Å²) in [4.78, 5) is 4.22. The molecule has 0 atom stereocenters. The molecule has 0 spiro atoms. The normalized spacial score (nSPS) is 11.7. The summed E-state index contributed by atoms with van der Waals surface area (Å²) in [6, 6.07) is 3.63. The summed E-state index contributed by atoms with van der Waals surface area (Å²) >= 11 is 0. The SMILES string of the molecule is CC(C)(C)c1cnn(-c2ncccc2N)c1. The number of nitrogens with two attached hydrogens (primary N) is 1. The maximum absolute atomic E-state index is 5.85. The van der Waals surface area contributed by atoms with Crippen molar-refractivity contribution in [2.75, 3.05) is 5.73 Å². The fourth-order valence-electron chi connectivity index (χ4n) is 1.43. The second kappa shape index (κ2) is 3.63. The number of nitrogens with zero attached hydrogens (tertiary/aromatic N) is 3. The highest BCUT2D eigenvalue weighted by Gasteiger charge is 2.16. The van der Waals surface area contributed by atoms with Gasteiger partial charge in [0.2, 0.25) is 0 Å². The summed E-state index contributed by atoms with van der Waals surface area (Å²) in [5.41, 5.74) is 7.73. The van der Waals surface area contributed by atoms with Gasteiger partial charge in [0.1, 0.15) is 0 Å². The van der Waals surface area contributed by atoms with Crippen LogP contribution in [0, 0.1) is 0 Å². The molecule has 16 heavy (non-hydrogen) atoms. The predicted octanol–water partition coefficient (Wildman–Crippen LogP) is 2.15. The van der Waals surface area contributed by atoms with Crippen LogP contribution >= 0.6 is 0 Å². The van der Waals surface area contributed by atoms with Crippen molar-refractivity contribution in [2.24, 2.45) is 0 Å². The second-order valence-corrected chi connectivity index (χ2v) is 4.84. The van der Waals surface area contributed by atoms with Crippen molar-refractivity contribution in [2.45, 2.75) is 26.2 Å². The van der Waals surface area contributed by atoms with Crippen LogP contribution in [0.3, 0.4) is 0 Å². The van der Waals surface area contributed by atoms with E-state index in [2.05, 4.69) is 30.9 Å². The first kappa shape index (κ1) is 10.7. The molecule has 0 saturated carbocycles. The van der Waals surface area contributed by atoms with E-state index in [9.17, 15) is 0 Å². The average Bonchev–Trinajstić information content (AvgIpc) is 2.66. The van der Waals surface area contributed by atoms with Gasteiger partial charge in [0.25, 0.3) is 0 Å².